The highest BCUT2D eigenvalue weighted by Gasteiger charge is 2.21. The molecule has 17 heavy (non-hydrogen) atoms. The molecule has 1 aromatic carbocycles. The van der Waals surface area contributed by atoms with Gasteiger partial charge in [0.15, 0.2) is 0 Å². The number of benzene rings is 1. The van der Waals surface area contributed by atoms with Crippen molar-refractivity contribution < 1.29 is 8.42 Å². The Labute approximate surface area is 125 Å². The molecule has 0 aromatic heterocycles. The molecule has 0 amide bonds. The summed E-state index contributed by atoms with van der Waals surface area (Å²) in [6.45, 7) is 4.01. The van der Waals surface area contributed by atoms with Crippen molar-refractivity contribution in [2.75, 3.05) is 4.43 Å². The molecule has 1 rings (SSSR count). The van der Waals surface area contributed by atoms with Crippen LogP contribution in [-0.2, 0) is 10.0 Å². The minimum Gasteiger partial charge on any atom is -0.207 e. The first-order valence-electron chi connectivity index (χ1n) is 5.20. The van der Waals surface area contributed by atoms with Crippen molar-refractivity contribution in [2.24, 2.45) is 5.92 Å². The van der Waals surface area contributed by atoms with E-state index in [-0.39, 0.29) is 12.0 Å². The van der Waals surface area contributed by atoms with Gasteiger partial charge in [0.1, 0.15) is 0 Å². The van der Waals surface area contributed by atoms with E-state index < -0.39 is 10.0 Å². The summed E-state index contributed by atoms with van der Waals surface area (Å²) >= 11 is 5.47. The van der Waals surface area contributed by atoms with Crippen molar-refractivity contribution in [1.29, 1.82) is 0 Å². The Morgan fingerprint density at radius 1 is 1.41 bits per heavy atom. The van der Waals surface area contributed by atoms with Gasteiger partial charge < -0.3 is 0 Å². The standard InChI is InChI=1S/C11H15BrINO2S/c1-8(2)11(7-13)14-17(15,16)10-5-3-4-9(12)6-10/h3-6,8,11,14H,7H2,1-2H3. The monoisotopic (exact) mass is 431 g/mol. The zero-order valence-corrected chi connectivity index (χ0v) is 14.2. The molecule has 0 bridgehead atoms. The second kappa shape index (κ2) is 6.49. The van der Waals surface area contributed by atoms with Crippen LogP contribution in [0.4, 0.5) is 0 Å². The molecule has 0 aliphatic heterocycles. The third kappa shape index (κ3) is 4.50. The SMILES string of the molecule is CC(C)C(CI)NS(=O)(=O)c1cccc(Br)c1. The van der Waals surface area contributed by atoms with E-state index in [4.69, 9.17) is 0 Å². The van der Waals surface area contributed by atoms with Gasteiger partial charge in [-0.25, -0.2) is 13.1 Å². The van der Waals surface area contributed by atoms with Crippen LogP contribution in [0.2, 0.25) is 0 Å². The number of alkyl halides is 1. The summed E-state index contributed by atoms with van der Waals surface area (Å²) in [7, 11) is -3.42. The van der Waals surface area contributed by atoms with Crippen LogP contribution in [0.25, 0.3) is 0 Å². The number of sulfonamides is 1. The molecule has 6 heteroatoms. The molecule has 1 atom stereocenters. The normalized spacial score (nSPS) is 13.9. The van der Waals surface area contributed by atoms with E-state index in [1.165, 1.54) is 0 Å². The maximum atomic E-state index is 12.1. The van der Waals surface area contributed by atoms with E-state index >= 15 is 0 Å². The molecule has 0 saturated carbocycles. The second-order valence-electron chi connectivity index (χ2n) is 4.08. The number of rotatable bonds is 5. The van der Waals surface area contributed by atoms with Gasteiger partial charge in [0.2, 0.25) is 10.0 Å². The molecular formula is C11H15BrINO2S. The Hall–Kier alpha value is 0.340. The molecule has 0 radical (unpaired) electrons. The van der Waals surface area contributed by atoms with Crippen LogP contribution in [0.3, 0.4) is 0 Å². The number of nitrogens with one attached hydrogen (secondary N) is 1. The molecule has 1 aromatic rings. The van der Waals surface area contributed by atoms with E-state index in [0.29, 0.717) is 4.90 Å². The third-order valence-electron chi connectivity index (χ3n) is 2.38. The molecule has 0 spiro atoms. The summed E-state index contributed by atoms with van der Waals surface area (Å²) in [5, 5.41) is 0. The lowest BCUT2D eigenvalue weighted by Crippen LogP contribution is -2.39. The smallest absolute Gasteiger partial charge is 0.207 e. The Morgan fingerprint density at radius 2 is 2.06 bits per heavy atom. The van der Waals surface area contributed by atoms with Gasteiger partial charge in [-0.15, -0.1) is 0 Å². The van der Waals surface area contributed by atoms with E-state index in [1.807, 2.05) is 13.8 Å². The van der Waals surface area contributed by atoms with Gasteiger partial charge in [0.25, 0.3) is 0 Å². The maximum absolute atomic E-state index is 12.1. The van der Waals surface area contributed by atoms with E-state index in [1.54, 1.807) is 24.3 Å². The molecule has 1 unspecified atom stereocenters. The lowest BCUT2D eigenvalue weighted by molar-refractivity contribution is 0.486. The molecule has 0 fully saturated rings. The van der Waals surface area contributed by atoms with Gasteiger partial charge in [-0.05, 0) is 24.1 Å². The molecule has 0 heterocycles. The molecule has 0 aliphatic carbocycles. The average Bonchev–Trinajstić information content (AvgIpc) is 2.25. The topological polar surface area (TPSA) is 46.2 Å². The molecule has 3 nitrogen and oxygen atoms in total. The molecule has 96 valence electrons. The largest absolute Gasteiger partial charge is 0.240 e. The summed E-state index contributed by atoms with van der Waals surface area (Å²) in [5.74, 6) is 0.272. The van der Waals surface area contributed by atoms with Gasteiger partial charge in [-0.1, -0.05) is 58.4 Å². The lowest BCUT2D eigenvalue weighted by Gasteiger charge is -2.19. The average molecular weight is 432 g/mol. The van der Waals surface area contributed by atoms with E-state index in [9.17, 15) is 8.42 Å². The summed E-state index contributed by atoms with van der Waals surface area (Å²) in [4.78, 5) is 0.294. The first-order chi connectivity index (χ1) is 7.86. The van der Waals surface area contributed by atoms with Gasteiger partial charge in [-0.3, -0.25) is 0 Å². The quantitative estimate of drug-likeness (QED) is 0.574. The predicted octanol–water partition coefficient (Wildman–Crippen LogP) is 3.19. The molecule has 0 saturated heterocycles. The molecule has 1 N–H and O–H groups in total. The second-order valence-corrected chi connectivity index (χ2v) is 7.59. The van der Waals surface area contributed by atoms with E-state index in [0.717, 1.165) is 8.90 Å². The maximum Gasteiger partial charge on any atom is 0.240 e. The summed E-state index contributed by atoms with van der Waals surface area (Å²) in [5.41, 5.74) is 0. The molecular weight excluding hydrogens is 417 g/mol. The van der Waals surface area contributed by atoms with Gasteiger partial charge >= 0.3 is 0 Å². The van der Waals surface area contributed by atoms with Crippen LogP contribution in [-0.4, -0.2) is 18.9 Å². The number of hydrogen-bond acceptors (Lipinski definition) is 2. The zero-order chi connectivity index (χ0) is 13.1. The number of hydrogen-bond donors (Lipinski definition) is 1. The van der Waals surface area contributed by atoms with Crippen molar-refractivity contribution >= 4 is 48.5 Å². The highest BCUT2D eigenvalue weighted by molar-refractivity contribution is 14.1. The van der Waals surface area contributed by atoms with Crippen LogP contribution >= 0.6 is 38.5 Å². The van der Waals surface area contributed by atoms with Crippen LogP contribution < -0.4 is 4.72 Å². The summed E-state index contributed by atoms with van der Waals surface area (Å²) < 4.78 is 28.5. The van der Waals surface area contributed by atoms with Crippen molar-refractivity contribution in [3.63, 3.8) is 0 Å². The number of halogens is 2. The van der Waals surface area contributed by atoms with Gasteiger partial charge in [0, 0.05) is 14.9 Å². The summed E-state index contributed by atoms with van der Waals surface area (Å²) in [6, 6.07) is 6.68. The Morgan fingerprint density at radius 3 is 2.53 bits per heavy atom. The van der Waals surface area contributed by atoms with E-state index in [2.05, 4.69) is 43.2 Å². The first-order valence-corrected chi connectivity index (χ1v) is 9.01. The highest BCUT2D eigenvalue weighted by Crippen LogP contribution is 2.17. The summed E-state index contributed by atoms with van der Waals surface area (Å²) in [6.07, 6.45) is 0. The minimum absolute atomic E-state index is 0.0421. The van der Waals surface area contributed by atoms with Crippen molar-refractivity contribution in [2.45, 2.75) is 24.8 Å². The van der Waals surface area contributed by atoms with Crippen LogP contribution in [0.15, 0.2) is 33.6 Å². The van der Waals surface area contributed by atoms with Crippen molar-refractivity contribution in [3.05, 3.63) is 28.7 Å². The fraction of sp³-hybridized carbons (Fsp3) is 0.455. The minimum atomic E-state index is -3.42. The van der Waals surface area contributed by atoms with Gasteiger partial charge in [-0.2, -0.15) is 0 Å². The highest BCUT2D eigenvalue weighted by atomic mass is 127. The Balaban J connectivity index is 2.96. The van der Waals surface area contributed by atoms with Gasteiger partial charge in [0.05, 0.1) is 4.90 Å². The molecule has 0 aliphatic rings. The Kier molecular flexibility index (Phi) is 5.88. The van der Waals surface area contributed by atoms with Crippen LogP contribution in [0.5, 0.6) is 0 Å². The van der Waals surface area contributed by atoms with Crippen molar-refractivity contribution in [3.8, 4) is 0 Å². The first kappa shape index (κ1) is 15.4. The fourth-order valence-electron chi connectivity index (χ4n) is 1.25. The van der Waals surface area contributed by atoms with Crippen LogP contribution in [0.1, 0.15) is 13.8 Å². The predicted molar refractivity (Wildman–Crippen MR) is 82.0 cm³/mol. The van der Waals surface area contributed by atoms with Crippen molar-refractivity contribution in [1.82, 2.24) is 4.72 Å². The lowest BCUT2D eigenvalue weighted by atomic mass is 10.1. The Bertz CT molecular complexity index is 476. The fourth-order valence-corrected chi connectivity index (χ4v) is 4.76. The van der Waals surface area contributed by atoms with Crippen LogP contribution in [0, 0.1) is 5.92 Å². The zero-order valence-electron chi connectivity index (χ0n) is 9.65. The third-order valence-corrected chi connectivity index (χ3v) is 5.31.